The Morgan fingerprint density at radius 1 is 1.29 bits per heavy atom. The molecule has 0 spiro atoms. The fourth-order valence-electron chi connectivity index (χ4n) is 2.43. The van der Waals surface area contributed by atoms with Crippen LogP contribution in [0.3, 0.4) is 0 Å². The Morgan fingerprint density at radius 3 is 3.00 bits per heavy atom. The average Bonchev–Trinajstić information content (AvgIpc) is 2.50. The van der Waals surface area contributed by atoms with Crippen LogP contribution in [0.5, 0.6) is 0 Å². The molecule has 2 aromatic carbocycles. The lowest BCUT2D eigenvalue weighted by atomic mass is 10.0. The topological polar surface area (TPSA) is 41.1 Å². The first-order valence-electron chi connectivity index (χ1n) is 6.77. The molecule has 0 aromatic heterocycles. The number of nitrogens with one attached hydrogen (secondary N) is 2. The van der Waals surface area contributed by atoms with Gasteiger partial charge < -0.3 is 10.6 Å². The minimum Gasteiger partial charge on any atom is -0.385 e. The van der Waals surface area contributed by atoms with Gasteiger partial charge in [0.15, 0.2) is 0 Å². The normalized spacial score (nSPS) is 13.2. The maximum atomic E-state index is 13.9. The molecule has 108 valence electrons. The maximum Gasteiger partial charge on any atom is 0.258 e. The molecule has 21 heavy (non-hydrogen) atoms. The molecule has 1 heterocycles. The van der Waals surface area contributed by atoms with Crippen LogP contribution in [0.25, 0.3) is 0 Å². The molecule has 3 rings (SSSR count). The van der Waals surface area contributed by atoms with Gasteiger partial charge in [0.1, 0.15) is 5.82 Å². The van der Waals surface area contributed by atoms with Crippen molar-refractivity contribution < 1.29 is 9.18 Å². The maximum absolute atomic E-state index is 13.9. The van der Waals surface area contributed by atoms with Gasteiger partial charge in [0.25, 0.3) is 5.91 Å². The lowest BCUT2D eigenvalue weighted by molar-refractivity contribution is 0.102. The van der Waals surface area contributed by atoms with Crippen LogP contribution in [0.15, 0.2) is 40.9 Å². The van der Waals surface area contributed by atoms with Crippen molar-refractivity contribution in [3.8, 4) is 0 Å². The van der Waals surface area contributed by atoms with Crippen LogP contribution >= 0.6 is 15.9 Å². The van der Waals surface area contributed by atoms with Crippen LogP contribution in [0.1, 0.15) is 22.3 Å². The average molecular weight is 349 g/mol. The molecule has 1 amide bonds. The largest absolute Gasteiger partial charge is 0.385 e. The van der Waals surface area contributed by atoms with Gasteiger partial charge in [0, 0.05) is 17.9 Å². The van der Waals surface area contributed by atoms with Crippen molar-refractivity contribution in [3.05, 3.63) is 57.8 Å². The van der Waals surface area contributed by atoms with Gasteiger partial charge in [-0.05, 0) is 64.7 Å². The van der Waals surface area contributed by atoms with E-state index in [2.05, 4.69) is 26.6 Å². The Balaban J connectivity index is 1.83. The summed E-state index contributed by atoms with van der Waals surface area (Å²) in [5.74, 6) is -0.993. The molecule has 3 nitrogen and oxygen atoms in total. The Hall–Kier alpha value is -1.88. The van der Waals surface area contributed by atoms with Gasteiger partial charge in [-0.3, -0.25) is 4.79 Å². The molecular weight excluding hydrogens is 335 g/mol. The van der Waals surface area contributed by atoms with E-state index in [0.717, 1.165) is 25.1 Å². The van der Waals surface area contributed by atoms with Gasteiger partial charge in [-0.15, -0.1) is 0 Å². The molecule has 0 fully saturated rings. The number of amides is 1. The van der Waals surface area contributed by atoms with E-state index in [1.165, 1.54) is 11.6 Å². The Kier molecular flexibility index (Phi) is 3.92. The third-order valence-electron chi connectivity index (χ3n) is 3.50. The van der Waals surface area contributed by atoms with E-state index >= 15 is 0 Å². The molecule has 1 aliphatic heterocycles. The van der Waals surface area contributed by atoms with E-state index in [1.54, 1.807) is 12.1 Å². The summed E-state index contributed by atoms with van der Waals surface area (Å²) in [6.45, 7) is 0.974. The lowest BCUT2D eigenvalue weighted by Crippen LogP contribution is -2.15. The van der Waals surface area contributed by atoms with Gasteiger partial charge in [-0.2, -0.15) is 0 Å². The highest BCUT2D eigenvalue weighted by molar-refractivity contribution is 9.10. The predicted octanol–water partition coefficient (Wildman–Crippen LogP) is 4.20. The second-order valence-electron chi connectivity index (χ2n) is 4.96. The van der Waals surface area contributed by atoms with Crippen LogP contribution in [-0.4, -0.2) is 12.5 Å². The van der Waals surface area contributed by atoms with E-state index < -0.39 is 11.7 Å². The standard InChI is InChI=1S/C16H14BrFN2O/c17-13-5-1-4-12(15(13)18)16(21)20-11-6-7-14-10(9-11)3-2-8-19-14/h1,4-7,9,19H,2-3,8H2,(H,20,21). The van der Waals surface area contributed by atoms with Gasteiger partial charge in [0.2, 0.25) is 0 Å². The molecule has 5 heteroatoms. The molecule has 2 aromatic rings. The van der Waals surface area contributed by atoms with Crippen molar-refractivity contribution in [1.82, 2.24) is 0 Å². The Labute approximate surface area is 130 Å². The molecule has 0 aliphatic carbocycles. The summed E-state index contributed by atoms with van der Waals surface area (Å²) < 4.78 is 14.2. The van der Waals surface area contributed by atoms with Gasteiger partial charge in [0.05, 0.1) is 10.0 Å². The number of aryl methyl sites for hydroxylation is 1. The lowest BCUT2D eigenvalue weighted by Gasteiger charge is -2.18. The highest BCUT2D eigenvalue weighted by atomic mass is 79.9. The number of carbonyl (C=O) groups excluding carboxylic acids is 1. The molecule has 1 aliphatic rings. The first-order chi connectivity index (χ1) is 10.1. The number of rotatable bonds is 2. The molecule has 0 saturated carbocycles. The molecule has 0 bridgehead atoms. The Morgan fingerprint density at radius 2 is 2.14 bits per heavy atom. The van der Waals surface area contributed by atoms with Gasteiger partial charge in [-0.25, -0.2) is 4.39 Å². The number of benzene rings is 2. The summed E-state index contributed by atoms with van der Waals surface area (Å²) in [5, 5.41) is 6.06. The summed E-state index contributed by atoms with van der Waals surface area (Å²) in [7, 11) is 0. The summed E-state index contributed by atoms with van der Waals surface area (Å²) in [4.78, 5) is 12.2. The van der Waals surface area contributed by atoms with E-state index in [4.69, 9.17) is 0 Å². The highest BCUT2D eigenvalue weighted by Crippen LogP contribution is 2.26. The highest BCUT2D eigenvalue weighted by Gasteiger charge is 2.15. The summed E-state index contributed by atoms with van der Waals surface area (Å²) in [6, 6.07) is 10.4. The van der Waals surface area contributed by atoms with E-state index in [-0.39, 0.29) is 10.0 Å². The third kappa shape index (κ3) is 2.93. The number of fused-ring (bicyclic) bond motifs is 1. The smallest absolute Gasteiger partial charge is 0.258 e. The zero-order chi connectivity index (χ0) is 14.8. The molecule has 0 atom stereocenters. The van der Waals surface area contributed by atoms with Crippen molar-refractivity contribution in [2.24, 2.45) is 0 Å². The second-order valence-corrected chi connectivity index (χ2v) is 5.81. The number of anilines is 2. The van der Waals surface area contributed by atoms with Crippen LogP contribution in [0, 0.1) is 5.82 Å². The molecule has 2 N–H and O–H groups in total. The Bertz CT molecular complexity index is 703. The van der Waals surface area contributed by atoms with Crippen LogP contribution in [0.2, 0.25) is 0 Å². The minimum absolute atomic E-state index is 0.0280. The second kappa shape index (κ2) is 5.85. The number of hydrogen-bond donors (Lipinski definition) is 2. The zero-order valence-corrected chi connectivity index (χ0v) is 12.8. The fraction of sp³-hybridized carbons (Fsp3) is 0.188. The molecule has 0 saturated heterocycles. The van der Waals surface area contributed by atoms with Gasteiger partial charge >= 0.3 is 0 Å². The number of carbonyl (C=O) groups is 1. The summed E-state index contributed by atoms with van der Waals surface area (Å²) in [5.41, 5.74) is 2.99. The quantitative estimate of drug-likeness (QED) is 0.853. The molecule has 0 unspecified atom stereocenters. The van der Waals surface area contributed by atoms with Crippen molar-refractivity contribution >= 4 is 33.2 Å². The monoisotopic (exact) mass is 348 g/mol. The van der Waals surface area contributed by atoms with Crippen molar-refractivity contribution in [2.45, 2.75) is 12.8 Å². The minimum atomic E-state index is -0.547. The van der Waals surface area contributed by atoms with Crippen LogP contribution < -0.4 is 10.6 Å². The van der Waals surface area contributed by atoms with Crippen molar-refractivity contribution in [3.63, 3.8) is 0 Å². The predicted molar refractivity (Wildman–Crippen MR) is 85.3 cm³/mol. The van der Waals surface area contributed by atoms with Crippen LogP contribution in [0.4, 0.5) is 15.8 Å². The first-order valence-corrected chi connectivity index (χ1v) is 7.56. The van der Waals surface area contributed by atoms with E-state index in [1.807, 2.05) is 18.2 Å². The molecule has 0 radical (unpaired) electrons. The van der Waals surface area contributed by atoms with E-state index in [9.17, 15) is 9.18 Å². The molecular formula is C16H14BrFN2O. The third-order valence-corrected chi connectivity index (χ3v) is 4.11. The van der Waals surface area contributed by atoms with Crippen LogP contribution in [-0.2, 0) is 6.42 Å². The van der Waals surface area contributed by atoms with Gasteiger partial charge in [-0.1, -0.05) is 6.07 Å². The number of hydrogen-bond acceptors (Lipinski definition) is 2. The zero-order valence-electron chi connectivity index (χ0n) is 11.2. The number of halogens is 2. The van der Waals surface area contributed by atoms with Crippen molar-refractivity contribution in [1.29, 1.82) is 0 Å². The van der Waals surface area contributed by atoms with E-state index in [0.29, 0.717) is 5.69 Å². The first kappa shape index (κ1) is 14.1. The van der Waals surface area contributed by atoms with Crippen molar-refractivity contribution in [2.75, 3.05) is 17.2 Å². The fourth-order valence-corrected chi connectivity index (χ4v) is 2.80. The summed E-state index contributed by atoms with van der Waals surface area (Å²) in [6.07, 6.45) is 2.06. The summed E-state index contributed by atoms with van der Waals surface area (Å²) >= 11 is 3.09. The SMILES string of the molecule is O=C(Nc1ccc2c(c1)CCCN2)c1cccc(Br)c1F.